The first kappa shape index (κ1) is 11.9. The number of ether oxygens (including phenoxy) is 1. The smallest absolute Gasteiger partial charge is 0.119 e. The van der Waals surface area contributed by atoms with Crippen LogP contribution in [-0.2, 0) is 0 Å². The molecule has 1 aliphatic rings. The van der Waals surface area contributed by atoms with Crippen LogP contribution in [0.25, 0.3) is 0 Å². The van der Waals surface area contributed by atoms with Crippen molar-refractivity contribution < 1.29 is 4.74 Å². The van der Waals surface area contributed by atoms with Crippen LogP contribution in [0, 0.1) is 0 Å². The lowest BCUT2D eigenvalue weighted by atomic mass is 10.3. The molecular weight excluding hydrogens is 236 g/mol. The summed E-state index contributed by atoms with van der Waals surface area (Å²) in [6.45, 7) is 3.06. The Labute approximate surface area is 114 Å². The molecule has 0 bridgehead atoms. The largest absolute Gasteiger partial charge is 0.497 e. The molecule has 2 aromatic rings. The Bertz CT molecular complexity index is 524. The molecule has 3 heteroatoms. The Balaban J connectivity index is 1.71. The lowest BCUT2D eigenvalue weighted by molar-refractivity contribution is 0.415. The number of methoxy groups -OCH3 is 1. The van der Waals surface area contributed by atoms with E-state index < -0.39 is 0 Å². The van der Waals surface area contributed by atoms with E-state index in [1.807, 2.05) is 12.1 Å². The number of rotatable bonds is 3. The summed E-state index contributed by atoms with van der Waals surface area (Å²) in [5.74, 6) is 0.905. The van der Waals surface area contributed by atoms with Crippen LogP contribution in [0.4, 0.5) is 11.4 Å². The molecule has 0 N–H and O–H groups in total. The van der Waals surface area contributed by atoms with Gasteiger partial charge >= 0.3 is 0 Å². The molecule has 0 aromatic heterocycles. The van der Waals surface area contributed by atoms with Crippen molar-refractivity contribution in [3.05, 3.63) is 54.6 Å². The monoisotopic (exact) mass is 254 g/mol. The van der Waals surface area contributed by atoms with Crippen molar-refractivity contribution in [2.75, 3.05) is 36.7 Å². The minimum absolute atomic E-state index is 0.905. The highest BCUT2D eigenvalue weighted by molar-refractivity contribution is 5.55. The summed E-state index contributed by atoms with van der Waals surface area (Å²) < 4.78 is 5.19. The van der Waals surface area contributed by atoms with Crippen LogP contribution in [0.3, 0.4) is 0 Å². The molecule has 0 amide bonds. The Kier molecular flexibility index (Phi) is 3.27. The molecule has 0 aliphatic carbocycles. The Morgan fingerprint density at radius 2 is 1.37 bits per heavy atom. The summed E-state index contributed by atoms with van der Waals surface area (Å²) in [5.41, 5.74) is 2.54. The Morgan fingerprint density at radius 1 is 0.789 bits per heavy atom. The Hall–Kier alpha value is -2.16. The normalized spacial score (nSPS) is 14.8. The van der Waals surface area contributed by atoms with E-state index in [1.54, 1.807) is 7.11 Å². The third kappa shape index (κ3) is 2.50. The van der Waals surface area contributed by atoms with Gasteiger partial charge < -0.3 is 14.5 Å². The number of hydrogen-bond donors (Lipinski definition) is 0. The predicted octanol–water partition coefficient (Wildman–Crippen LogP) is 2.98. The summed E-state index contributed by atoms with van der Waals surface area (Å²) >= 11 is 0. The molecule has 3 rings (SSSR count). The number of nitrogens with zero attached hydrogens (tertiary/aromatic N) is 2. The highest BCUT2D eigenvalue weighted by Crippen LogP contribution is 2.24. The summed E-state index contributed by atoms with van der Waals surface area (Å²) in [7, 11) is 1.70. The van der Waals surface area contributed by atoms with Crippen LogP contribution in [-0.4, -0.2) is 26.9 Å². The maximum absolute atomic E-state index is 5.19. The second-order valence-corrected chi connectivity index (χ2v) is 4.70. The van der Waals surface area contributed by atoms with Crippen LogP contribution in [0.15, 0.2) is 54.6 Å². The van der Waals surface area contributed by atoms with Gasteiger partial charge in [-0.05, 0) is 36.4 Å². The van der Waals surface area contributed by atoms with Crippen LogP contribution >= 0.6 is 0 Å². The third-order valence-corrected chi connectivity index (χ3v) is 3.54. The van der Waals surface area contributed by atoms with Gasteiger partial charge in [-0.25, -0.2) is 0 Å². The number of anilines is 2. The quantitative estimate of drug-likeness (QED) is 0.837. The van der Waals surface area contributed by atoms with Crippen molar-refractivity contribution in [3.63, 3.8) is 0 Å². The topological polar surface area (TPSA) is 15.7 Å². The van der Waals surface area contributed by atoms with Gasteiger partial charge in [0.05, 0.1) is 13.8 Å². The van der Waals surface area contributed by atoms with Gasteiger partial charge in [-0.1, -0.05) is 18.2 Å². The number of para-hydroxylation sites is 1. The molecule has 1 saturated heterocycles. The maximum Gasteiger partial charge on any atom is 0.119 e. The molecule has 0 spiro atoms. The summed E-state index contributed by atoms with van der Waals surface area (Å²) in [6, 6.07) is 18.8. The molecule has 1 heterocycles. The van der Waals surface area contributed by atoms with E-state index in [-0.39, 0.29) is 0 Å². The first-order valence-corrected chi connectivity index (χ1v) is 6.56. The molecule has 0 saturated carbocycles. The summed E-state index contributed by atoms with van der Waals surface area (Å²) in [6.07, 6.45) is 0. The first-order chi connectivity index (χ1) is 9.36. The zero-order chi connectivity index (χ0) is 13.1. The van der Waals surface area contributed by atoms with Gasteiger partial charge in [-0.2, -0.15) is 0 Å². The molecule has 0 atom stereocenters. The predicted molar refractivity (Wildman–Crippen MR) is 79.0 cm³/mol. The van der Waals surface area contributed by atoms with Crippen molar-refractivity contribution in [1.29, 1.82) is 0 Å². The lowest BCUT2D eigenvalue weighted by Crippen LogP contribution is -2.24. The van der Waals surface area contributed by atoms with E-state index in [4.69, 9.17) is 4.74 Å². The van der Waals surface area contributed by atoms with E-state index in [1.165, 1.54) is 11.4 Å². The zero-order valence-corrected chi connectivity index (χ0v) is 11.1. The second-order valence-electron chi connectivity index (χ2n) is 4.70. The van der Waals surface area contributed by atoms with Crippen LogP contribution in [0.2, 0.25) is 0 Å². The van der Waals surface area contributed by atoms with E-state index in [0.29, 0.717) is 0 Å². The molecule has 98 valence electrons. The van der Waals surface area contributed by atoms with E-state index in [2.05, 4.69) is 52.3 Å². The first-order valence-electron chi connectivity index (χ1n) is 6.56. The molecule has 2 aromatic carbocycles. The van der Waals surface area contributed by atoms with Gasteiger partial charge in [0, 0.05) is 24.5 Å². The number of benzene rings is 2. The molecule has 0 unspecified atom stereocenters. The second kappa shape index (κ2) is 5.22. The standard InChI is InChI=1S/C16H18N2O/c1-19-16-9-7-15(8-10-16)18-12-11-17(13-18)14-5-3-2-4-6-14/h2-10H,11-13H2,1H3. The average Bonchev–Trinajstić information content (AvgIpc) is 2.98. The van der Waals surface area contributed by atoms with Gasteiger partial charge in [0.2, 0.25) is 0 Å². The highest BCUT2D eigenvalue weighted by atomic mass is 16.5. The summed E-state index contributed by atoms with van der Waals surface area (Å²) in [5, 5.41) is 0. The van der Waals surface area contributed by atoms with E-state index in [0.717, 1.165) is 25.5 Å². The molecule has 0 radical (unpaired) electrons. The van der Waals surface area contributed by atoms with Gasteiger partial charge in [-0.3, -0.25) is 0 Å². The van der Waals surface area contributed by atoms with Crippen molar-refractivity contribution in [1.82, 2.24) is 0 Å². The molecule has 1 aliphatic heterocycles. The summed E-state index contributed by atoms with van der Waals surface area (Å²) in [4.78, 5) is 4.77. The average molecular weight is 254 g/mol. The fourth-order valence-electron chi connectivity index (χ4n) is 2.44. The van der Waals surface area contributed by atoms with Crippen LogP contribution in [0.5, 0.6) is 5.75 Å². The minimum atomic E-state index is 0.905. The van der Waals surface area contributed by atoms with Crippen molar-refractivity contribution in [3.8, 4) is 5.75 Å². The van der Waals surface area contributed by atoms with Crippen LogP contribution in [0.1, 0.15) is 0 Å². The molecular formula is C16H18N2O. The van der Waals surface area contributed by atoms with Crippen molar-refractivity contribution >= 4 is 11.4 Å². The Morgan fingerprint density at radius 3 is 1.95 bits per heavy atom. The maximum atomic E-state index is 5.19. The van der Waals surface area contributed by atoms with Gasteiger partial charge in [0.1, 0.15) is 5.75 Å². The van der Waals surface area contributed by atoms with Crippen molar-refractivity contribution in [2.45, 2.75) is 0 Å². The zero-order valence-electron chi connectivity index (χ0n) is 11.1. The van der Waals surface area contributed by atoms with Crippen LogP contribution < -0.4 is 14.5 Å². The third-order valence-electron chi connectivity index (χ3n) is 3.54. The van der Waals surface area contributed by atoms with E-state index in [9.17, 15) is 0 Å². The minimum Gasteiger partial charge on any atom is -0.497 e. The fraction of sp³-hybridized carbons (Fsp3) is 0.250. The molecule has 1 fully saturated rings. The SMILES string of the molecule is COc1ccc(N2CCN(c3ccccc3)C2)cc1. The molecule has 3 nitrogen and oxygen atoms in total. The van der Waals surface area contributed by atoms with Gasteiger partial charge in [0.25, 0.3) is 0 Å². The highest BCUT2D eigenvalue weighted by Gasteiger charge is 2.20. The van der Waals surface area contributed by atoms with Crippen molar-refractivity contribution in [2.24, 2.45) is 0 Å². The van der Waals surface area contributed by atoms with E-state index >= 15 is 0 Å². The lowest BCUT2D eigenvalue weighted by Gasteiger charge is -2.21. The fourth-order valence-corrected chi connectivity index (χ4v) is 2.44. The van der Waals surface area contributed by atoms with Gasteiger partial charge in [-0.15, -0.1) is 0 Å². The number of hydrogen-bond acceptors (Lipinski definition) is 3. The molecule has 19 heavy (non-hydrogen) atoms. The van der Waals surface area contributed by atoms with Gasteiger partial charge in [0.15, 0.2) is 0 Å².